The average Bonchev–Trinajstić information content (AvgIpc) is 3.05. The number of benzene rings is 2. The van der Waals surface area contributed by atoms with Crippen molar-refractivity contribution in [2.75, 3.05) is 5.32 Å². The quantitative estimate of drug-likeness (QED) is 0.683. The van der Waals surface area contributed by atoms with E-state index in [2.05, 4.69) is 10.3 Å². The van der Waals surface area contributed by atoms with Crippen LogP contribution in [0.4, 0.5) is 5.69 Å². The van der Waals surface area contributed by atoms with Crippen molar-refractivity contribution in [3.63, 3.8) is 0 Å². The fraction of sp³-hybridized carbons (Fsp3) is 0.100. The van der Waals surface area contributed by atoms with Gasteiger partial charge in [-0.3, -0.25) is 14.2 Å². The molecule has 2 N–H and O–H groups in total. The number of amides is 1. The van der Waals surface area contributed by atoms with Gasteiger partial charge >= 0.3 is 11.9 Å². The molecule has 3 aromatic rings. The third-order valence-electron chi connectivity index (χ3n) is 4.44. The zero-order valence-corrected chi connectivity index (χ0v) is 14.2. The molecule has 0 saturated carbocycles. The van der Waals surface area contributed by atoms with E-state index in [9.17, 15) is 14.4 Å². The molecule has 0 radical (unpaired) electrons. The van der Waals surface area contributed by atoms with E-state index in [1.54, 1.807) is 10.6 Å². The lowest BCUT2D eigenvalue weighted by molar-refractivity contribution is -0.147. The minimum atomic E-state index is -1.58. The van der Waals surface area contributed by atoms with Gasteiger partial charge in [0.05, 0.1) is 10.9 Å². The summed E-state index contributed by atoms with van der Waals surface area (Å²) < 4.78 is 1.65. The lowest BCUT2D eigenvalue weighted by Gasteiger charge is -2.08. The van der Waals surface area contributed by atoms with Crippen LogP contribution in [0.2, 0.25) is 0 Å². The van der Waals surface area contributed by atoms with E-state index in [1.807, 2.05) is 36.4 Å². The summed E-state index contributed by atoms with van der Waals surface area (Å²) in [5.74, 6) is -2.12. The van der Waals surface area contributed by atoms with Crippen LogP contribution in [0.1, 0.15) is 17.8 Å². The smallest absolute Gasteiger partial charge is 0.394 e. The van der Waals surface area contributed by atoms with Crippen LogP contribution in [-0.4, -0.2) is 26.5 Å². The highest BCUT2D eigenvalue weighted by molar-refractivity contribution is 6.36. The Morgan fingerprint density at radius 1 is 1.15 bits per heavy atom. The largest absolute Gasteiger partial charge is 0.474 e. The maximum absolute atomic E-state index is 12.8. The second-order valence-corrected chi connectivity index (χ2v) is 6.21. The molecule has 0 atom stereocenters. The van der Waals surface area contributed by atoms with E-state index in [4.69, 9.17) is 5.11 Å². The number of rotatable bonds is 2. The molecule has 0 aliphatic carbocycles. The summed E-state index contributed by atoms with van der Waals surface area (Å²) in [5, 5.41) is 11.4. The maximum Gasteiger partial charge on any atom is 0.394 e. The van der Waals surface area contributed by atoms with Gasteiger partial charge in [0.25, 0.3) is 5.56 Å². The Balaban J connectivity index is 1.80. The van der Waals surface area contributed by atoms with Gasteiger partial charge in [0.1, 0.15) is 5.82 Å². The van der Waals surface area contributed by atoms with Gasteiger partial charge in [-0.15, -0.1) is 0 Å². The summed E-state index contributed by atoms with van der Waals surface area (Å²) >= 11 is 0. The molecule has 4 rings (SSSR count). The first-order chi connectivity index (χ1) is 13.0. The monoisotopic (exact) mass is 361 g/mol. The number of nitrogens with one attached hydrogen (secondary N) is 1. The first-order valence-corrected chi connectivity index (χ1v) is 8.38. The topological polar surface area (TPSA) is 101 Å². The predicted octanol–water partition coefficient (Wildman–Crippen LogP) is 2.36. The first-order valence-electron chi connectivity index (χ1n) is 8.38. The molecular formula is C20H15N3O4. The molecule has 1 aromatic heterocycles. The van der Waals surface area contributed by atoms with Crippen LogP contribution in [0.3, 0.4) is 0 Å². The van der Waals surface area contributed by atoms with E-state index in [0.29, 0.717) is 29.7 Å². The lowest BCUT2D eigenvalue weighted by Crippen LogP contribution is -2.23. The van der Waals surface area contributed by atoms with Crippen molar-refractivity contribution in [2.24, 2.45) is 0 Å². The molecule has 2 heterocycles. The molecular weight excluding hydrogens is 346 g/mol. The summed E-state index contributed by atoms with van der Waals surface area (Å²) in [6, 6.07) is 14.3. The lowest BCUT2D eigenvalue weighted by atomic mass is 10.1. The van der Waals surface area contributed by atoms with Crippen molar-refractivity contribution < 1.29 is 14.7 Å². The molecule has 7 nitrogen and oxygen atoms in total. The third kappa shape index (κ3) is 3.10. The van der Waals surface area contributed by atoms with Crippen molar-refractivity contribution >= 4 is 40.1 Å². The van der Waals surface area contributed by atoms with Gasteiger partial charge < -0.3 is 10.4 Å². The Morgan fingerprint density at radius 2 is 1.93 bits per heavy atom. The number of hydrogen-bond donors (Lipinski definition) is 2. The maximum atomic E-state index is 12.8. The number of carbonyl (C=O) groups excluding carboxylic acids is 1. The number of anilines is 1. The van der Waals surface area contributed by atoms with Crippen LogP contribution < -0.4 is 10.9 Å². The minimum Gasteiger partial charge on any atom is -0.474 e. The summed E-state index contributed by atoms with van der Waals surface area (Å²) in [6.07, 6.45) is 2.71. The van der Waals surface area contributed by atoms with Crippen LogP contribution in [0.15, 0.2) is 53.3 Å². The third-order valence-corrected chi connectivity index (χ3v) is 4.44. The molecule has 0 spiro atoms. The molecule has 27 heavy (non-hydrogen) atoms. The van der Waals surface area contributed by atoms with E-state index in [-0.39, 0.29) is 11.2 Å². The number of carbonyl (C=O) groups is 2. The van der Waals surface area contributed by atoms with Crippen LogP contribution in [-0.2, 0) is 16.1 Å². The van der Waals surface area contributed by atoms with Crippen molar-refractivity contribution in [1.82, 2.24) is 9.55 Å². The number of carboxylic acid groups (broad SMARTS) is 1. The Labute approximate surface area is 153 Å². The molecule has 1 aliphatic rings. The van der Waals surface area contributed by atoms with Crippen LogP contribution in [0.25, 0.3) is 22.6 Å². The van der Waals surface area contributed by atoms with E-state index in [1.165, 1.54) is 12.1 Å². The van der Waals surface area contributed by atoms with E-state index in [0.717, 1.165) is 11.1 Å². The predicted molar refractivity (Wildman–Crippen MR) is 101 cm³/mol. The van der Waals surface area contributed by atoms with E-state index < -0.39 is 11.9 Å². The minimum absolute atomic E-state index is 0.150. The molecule has 0 bridgehead atoms. The average molecular weight is 361 g/mol. The Morgan fingerprint density at radius 3 is 2.67 bits per heavy atom. The van der Waals surface area contributed by atoms with Crippen LogP contribution in [0, 0.1) is 0 Å². The van der Waals surface area contributed by atoms with Gasteiger partial charge in [0, 0.05) is 12.2 Å². The van der Waals surface area contributed by atoms with Crippen molar-refractivity contribution in [3.8, 4) is 0 Å². The van der Waals surface area contributed by atoms with E-state index >= 15 is 0 Å². The summed E-state index contributed by atoms with van der Waals surface area (Å²) in [5.41, 5.74) is 2.52. The first kappa shape index (κ1) is 16.7. The Kier molecular flexibility index (Phi) is 4.04. The Bertz CT molecular complexity index is 1160. The number of aromatic nitrogens is 2. The zero-order valence-electron chi connectivity index (χ0n) is 14.2. The Hall–Kier alpha value is -3.74. The molecule has 134 valence electrons. The molecule has 7 heteroatoms. The molecule has 0 fully saturated rings. The second-order valence-electron chi connectivity index (χ2n) is 6.21. The highest BCUT2D eigenvalue weighted by Crippen LogP contribution is 2.28. The van der Waals surface area contributed by atoms with Crippen LogP contribution in [0.5, 0.6) is 0 Å². The summed E-state index contributed by atoms with van der Waals surface area (Å²) in [6.45, 7) is 0.563. The number of fused-ring (bicyclic) bond motifs is 2. The van der Waals surface area contributed by atoms with Gasteiger partial charge in [-0.25, -0.2) is 9.78 Å². The molecule has 1 amide bonds. The van der Waals surface area contributed by atoms with Crippen molar-refractivity contribution in [2.45, 2.75) is 13.0 Å². The number of allylic oxidation sites excluding steroid dienone is 1. The molecule has 0 unspecified atom stereocenters. The standard InChI is InChI=1S/C20H15N3O4/c24-18(20(26)27)21-14-6-7-15-16(11-14)22-17-13(8-9-23(17)19(15)25)10-12-4-2-1-3-5-12/h1-7,10-11H,8-9H2,(H,21,24)(H,26,27). The number of hydrogen-bond acceptors (Lipinski definition) is 4. The van der Waals surface area contributed by atoms with Crippen molar-refractivity contribution in [1.29, 1.82) is 0 Å². The van der Waals surface area contributed by atoms with Gasteiger partial charge in [-0.1, -0.05) is 30.3 Å². The van der Waals surface area contributed by atoms with Gasteiger partial charge in [0.2, 0.25) is 0 Å². The highest BCUT2D eigenvalue weighted by atomic mass is 16.4. The second kappa shape index (κ2) is 6.53. The summed E-state index contributed by atoms with van der Waals surface area (Å²) in [4.78, 5) is 39.4. The summed E-state index contributed by atoms with van der Waals surface area (Å²) in [7, 11) is 0. The van der Waals surface area contributed by atoms with Gasteiger partial charge in [-0.2, -0.15) is 0 Å². The van der Waals surface area contributed by atoms with Crippen molar-refractivity contribution in [3.05, 3.63) is 70.3 Å². The normalized spacial score (nSPS) is 14.3. The highest BCUT2D eigenvalue weighted by Gasteiger charge is 2.21. The zero-order chi connectivity index (χ0) is 19.0. The van der Waals surface area contributed by atoms with Gasteiger partial charge in [-0.05, 0) is 41.8 Å². The SMILES string of the molecule is O=C(O)C(=O)Nc1ccc2c(=O)n3c(nc2c1)C(=Cc1ccccc1)CC3. The van der Waals surface area contributed by atoms with Gasteiger partial charge in [0.15, 0.2) is 0 Å². The molecule has 2 aromatic carbocycles. The van der Waals surface area contributed by atoms with Crippen LogP contribution >= 0.6 is 0 Å². The molecule has 1 aliphatic heterocycles. The number of carboxylic acids is 1. The fourth-order valence-corrected chi connectivity index (χ4v) is 3.17. The fourth-order valence-electron chi connectivity index (χ4n) is 3.17. The molecule has 0 saturated heterocycles. The number of aliphatic carboxylic acids is 1. The number of nitrogens with zero attached hydrogens (tertiary/aromatic N) is 2.